The Labute approximate surface area is 154 Å². The van der Waals surface area contributed by atoms with Gasteiger partial charge < -0.3 is 14.4 Å². The first-order chi connectivity index (χ1) is 12.5. The molecule has 1 aromatic rings. The van der Waals surface area contributed by atoms with Crippen molar-refractivity contribution in [2.75, 3.05) is 38.6 Å². The largest absolute Gasteiger partial charge is 0.489 e. The highest BCUT2D eigenvalue weighted by atomic mass is 32.2. The SMILES string of the molecule is CCCS(=O)(=O)N1C[C@@H](Oc2ccccc2)C[C@H]1C(=O)N1CCOCC1. The van der Waals surface area contributed by atoms with Crippen molar-refractivity contribution in [1.82, 2.24) is 9.21 Å². The summed E-state index contributed by atoms with van der Waals surface area (Å²) in [7, 11) is -3.49. The molecule has 2 heterocycles. The molecule has 3 rings (SSSR count). The monoisotopic (exact) mass is 382 g/mol. The van der Waals surface area contributed by atoms with Gasteiger partial charge in [-0.2, -0.15) is 4.31 Å². The molecule has 0 radical (unpaired) electrons. The third-order valence-corrected chi connectivity index (χ3v) is 6.73. The van der Waals surface area contributed by atoms with Gasteiger partial charge in [0.15, 0.2) is 0 Å². The molecule has 0 aromatic heterocycles. The highest BCUT2D eigenvalue weighted by molar-refractivity contribution is 7.89. The first kappa shape index (κ1) is 19.1. The minimum absolute atomic E-state index is 0.0396. The van der Waals surface area contributed by atoms with Crippen LogP contribution in [0.2, 0.25) is 0 Å². The Morgan fingerprint density at radius 2 is 1.92 bits per heavy atom. The van der Waals surface area contributed by atoms with Gasteiger partial charge in [0.2, 0.25) is 15.9 Å². The van der Waals surface area contributed by atoms with E-state index in [1.165, 1.54) is 4.31 Å². The van der Waals surface area contributed by atoms with Crippen LogP contribution in [0.3, 0.4) is 0 Å². The number of benzene rings is 1. The standard InChI is InChI=1S/C18H26N2O5S/c1-2-12-26(22,23)20-14-16(25-15-6-4-3-5-7-15)13-17(20)18(21)19-8-10-24-11-9-19/h3-7,16-17H,2,8-14H2,1H3/t16-,17-/m0/s1. The molecule has 144 valence electrons. The molecule has 2 fully saturated rings. The second-order valence-corrected chi connectivity index (χ2v) is 8.67. The highest BCUT2D eigenvalue weighted by Gasteiger charge is 2.45. The first-order valence-corrected chi connectivity index (χ1v) is 10.7. The van der Waals surface area contributed by atoms with Crippen LogP contribution in [-0.2, 0) is 19.6 Å². The molecule has 0 saturated carbocycles. The number of morpholine rings is 1. The van der Waals surface area contributed by atoms with E-state index < -0.39 is 16.1 Å². The molecule has 2 aliphatic heterocycles. The number of nitrogens with zero attached hydrogens (tertiary/aromatic N) is 2. The Balaban J connectivity index is 1.77. The summed E-state index contributed by atoms with van der Waals surface area (Å²) in [5.74, 6) is 0.578. The van der Waals surface area contributed by atoms with Crippen molar-refractivity contribution in [3.63, 3.8) is 0 Å². The quantitative estimate of drug-likeness (QED) is 0.737. The molecule has 0 aliphatic carbocycles. The number of rotatable bonds is 6. The summed E-state index contributed by atoms with van der Waals surface area (Å²) >= 11 is 0. The van der Waals surface area contributed by atoms with Gasteiger partial charge in [0, 0.05) is 19.5 Å². The molecule has 26 heavy (non-hydrogen) atoms. The molecule has 1 amide bonds. The lowest BCUT2D eigenvalue weighted by Crippen LogP contribution is -2.51. The predicted molar refractivity (Wildman–Crippen MR) is 97.4 cm³/mol. The van der Waals surface area contributed by atoms with Crippen LogP contribution in [0.1, 0.15) is 19.8 Å². The van der Waals surface area contributed by atoms with Crippen LogP contribution >= 0.6 is 0 Å². The molecule has 0 spiro atoms. The van der Waals surface area contributed by atoms with E-state index in [1.54, 1.807) is 4.90 Å². The fraction of sp³-hybridized carbons (Fsp3) is 0.611. The molecule has 2 aliphatic rings. The molecule has 1 aromatic carbocycles. The lowest BCUT2D eigenvalue weighted by molar-refractivity contribution is -0.138. The van der Waals surface area contributed by atoms with Crippen LogP contribution < -0.4 is 4.74 Å². The van der Waals surface area contributed by atoms with Gasteiger partial charge in [-0.05, 0) is 18.6 Å². The van der Waals surface area contributed by atoms with Crippen molar-refractivity contribution >= 4 is 15.9 Å². The predicted octanol–water partition coefficient (Wildman–Crippen LogP) is 1.11. The van der Waals surface area contributed by atoms with Crippen LogP contribution in [-0.4, -0.2) is 74.3 Å². The zero-order valence-electron chi connectivity index (χ0n) is 15.0. The van der Waals surface area contributed by atoms with Crippen molar-refractivity contribution in [2.45, 2.75) is 31.9 Å². The Hall–Kier alpha value is -1.64. The van der Waals surface area contributed by atoms with Gasteiger partial charge >= 0.3 is 0 Å². The average Bonchev–Trinajstić information content (AvgIpc) is 3.07. The molecule has 0 unspecified atom stereocenters. The Kier molecular flexibility index (Phi) is 6.16. The zero-order valence-corrected chi connectivity index (χ0v) is 15.9. The van der Waals surface area contributed by atoms with Crippen molar-refractivity contribution < 1.29 is 22.7 Å². The van der Waals surface area contributed by atoms with Crippen molar-refractivity contribution in [2.24, 2.45) is 0 Å². The normalized spacial score (nSPS) is 24.6. The second kappa shape index (κ2) is 8.37. The van der Waals surface area contributed by atoms with Gasteiger partial charge in [-0.1, -0.05) is 25.1 Å². The molecular formula is C18H26N2O5S. The van der Waals surface area contributed by atoms with Crippen LogP contribution in [0.5, 0.6) is 5.75 Å². The molecule has 2 saturated heterocycles. The zero-order chi connectivity index (χ0) is 18.6. The number of para-hydroxylation sites is 1. The first-order valence-electron chi connectivity index (χ1n) is 9.09. The van der Waals surface area contributed by atoms with Gasteiger partial charge in [-0.15, -0.1) is 0 Å². The van der Waals surface area contributed by atoms with E-state index >= 15 is 0 Å². The summed E-state index contributed by atoms with van der Waals surface area (Å²) in [5.41, 5.74) is 0. The summed E-state index contributed by atoms with van der Waals surface area (Å²) < 4.78 is 38.0. The van der Waals surface area contributed by atoms with Gasteiger partial charge in [0.05, 0.1) is 25.5 Å². The van der Waals surface area contributed by atoms with Crippen LogP contribution in [0.15, 0.2) is 30.3 Å². The van der Waals surface area contributed by atoms with Crippen LogP contribution in [0, 0.1) is 0 Å². The number of carbonyl (C=O) groups is 1. The minimum atomic E-state index is -3.49. The number of amides is 1. The molecule has 2 atom stereocenters. The van der Waals surface area contributed by atoms with Crippen molar-refractivity contribution in [3.8, 4) is 5.75 Å². The van der Waals surface area contributed by atoms with E-state index in [4.69, 9.17) is 9.47 Å². The third kappa shape index (κ3) is 4.36. The molecule has 0 N–H and O–H groups in total. The smallest absolute Gasteiger partial charge is 0.241 e. The fourth-order valence-electron chi connectivity index (χ4n) is 3.45. The van der Waals surface area contributed by atoms with Gasteiger partial charge in [-0.25, -0.2) is 8.42 Å². The second-order valence-electron chi connectivity index (χ2n) is 6.63. The topological polar surface area (TPSA) is 76.2 Å². The number of hydrogen-bond acceptors (Lipinski definition) is 5. The van der Waals surface area contributed by atoms with Crippen molar-refractivity contribution in [1.29, 1.82) is 0 Å². The maximum absolute atomic E-state index is 13.0. The third-order valence-electron chi connectivity index (χ3n) is 4.69. The summed E-state index contributed by atoms with van der Waals surface area (Å²) in [6.07, 6.45) is 0.550. The number of hydrogen-bond donors (Lipinski definition) is 0. The van der Waals surface area contributed by atoms with Gasteiger partial charge in [0.25, 0.3) is 0 Å². The Morgan fingerprint density at radius 1 is 1.23 bits per heavy atom. The van der Waals surface area contributed by atoms with Crippen molar-refractivity contribution in [3.05, 3.63) is 30.3 Å². The van der Waals surface area contributed by atoms with E-state index in [-0.39, 0.29) is 24.3 Å². The van der Waals surface area contributed by atoms with Crippen LogP contribution in [0.4, 0.5) is 0 Å². The summed E-state index contributed by atoms with van der Waals surface area (Å²) in [4.78, 5) is 14.7. The van der Waals surface area contributed by atoms with Gasteiger partial charge in [0.1, 0.15) is 17.9 Å². The number of sulfonamides is 1. The highest BCUT2D eigenvalue weighted by Crippen LogP contribution is 2.27. The Bertz CT molecular complexity index is 704. The lowest BCUT2D eigenvalue weighted by Gasteiger charge is -2.31. The maximum Gasteiger partial charge on any atom is 0.241 e. The number of ether oxygens (including phenoxy) is 2. The summed E-state index contributed by atoms with van der Waals surface area (Å²) in [6, 6.07) is 8.60. The Morgan fingerprint density at radius 3 is 2.58 bits per heavy atom. The molecule has 0 bridgehead atoms. The van der Waals surface area contributed by atoms with E-state index in [2.05, 4.69) is 0 Å². The molecule has 7 nitrogen and oxygen atoms in total. The lowest BCUT2D eigenvalue weighted by atomic mass is 10.1. The van der Waals surface area contributed by atoms with E-state index in [0.717, 1.165) is 0 Å². The summed E-state index contributed by atoms with van der Waals surface area (Å²) in [5, 5.41) is 0. The van der Waals surface area contributed by atoms with E-state index in [9.17, 15) is 13.2 Å². The fourth-order valence-corrected chi connectivity index (χ4v) is 5.15. The minimum Gasteiger partial charge on any atom is -0.489 e. The molecule has 8 heteroatoms. The average molecular weight is 382 g/mol. The molecular weight excluding hydrogens is 356 g/mol. The van der Waals surface area contributed by atoms with E-state index in [1.807, 2.05) is 37.3 Å². The van der Waals surface area contributed by atoms with Crippen LogP contribution in [0.25, 0.3) is 0 Å². The number of carbonyl (C=O) groups excluding carboxylic acids is 1. The maximum atomic E-state index is 13.0. The van der Waals surface area contributed by atoms with E-state index in [0.29, 0.717) is 44.9 Å². The summed E-state index contributed by atoms with van der Waals surface area (Å²) in [6.45, 7) is 4.01. The van der Waals surface area contributed by atoms with Gasteiger partial charge in [-0.3, -0.25) is 4.79 Å².